The molecule has 6 rings (SSSR count). The average Bonchev–Trinajstić information content (AvgIpc) is 3.08. The van der Waals surface area contributed by atoms with Gasteiger partial charge in [-0.05, 0) is 57.8 Å². The van der Waals surface area contributed by atoms with E-state index in [9.17, 15) is 10.1 Å². The number of nitrogens with one attached hydrogen (secondary N) is 1. The van der Waals surface area contributed by atoms with E-state index >= 15 is 0 Å². The van der Waals surface area contributed by atoms with Crippen molar-refractivity contribution in [2.45, 2.75) is 44.8 Å². The average molecular weight is 528 g/mol. The molecular formula is C29H33N7O3. The number of carbonyl (C=O) groups excluding carboxylic acids is 1. The number of anilines is 3. The molecule has 4 aliphatic rings. The number of hydrogen-bond donors (Lipinski definition) is 1. The number of hydrogen-bond acceptors (Lipinski definition) is 9. The summed E-state index contributed by atoms with van der Waals surface area (Å²) in [6, 6.07) is 6.73. The Balaban J connectivity index is 1.20. The molecule has 2 aromatic heterocycles. The number of pyridine rings is 2. The molecule has 3 saturated heterocycles. The first-order chi connectivity index (χ1) is 19.1. The van der Waals surface area contributed by atoms with Gasteiger partial charge in [0.15, 0.2) is 11.4 Å². The second-order valence-corrected chi connectivity index (χ2v) is 10.5. The molecule has 0 unspecified atom stereocenters. The van der Waals surface area contributed by atoms with Crippen molar-refractivity contribution in [2.75, 3.05) is 62.7 Å². The van der Waals surface area contributed by atoms with Gasteiger partial charge in [-0.1, -0.05) is 5.92 Å². The van der Waals surface area contributed by atoms with Crippen LogP contribution < -0.4 is 15.0 Å². The first kappa shape index (κ1) is 25.4. The van der Waals surface area contributed by atoms with Crippen LogP contribution in [0, 0.1) is 23.2 Å². The molecule has 3 fully saturated rings. The third-order valence-corrected chi connectivity index (χ3v) is 8.22. The zero-order valence-corrected chi connectivity index (χ0v) is 22.4. The minimum atomic E-state index is -0.305. The summed E-state index contributed by atoms with van der Waals surface area (Å²) < 4.78 is 12.0. The van der Waals surface area contributed by atoms with Gasteiger partial charge in [-0.3, -0.25) is 9.69 Å². The lowest BCUT2D eigenvalue weighted by Crippen LogP contribution is -2.61. The first-order valence-electron chi connectivity index (χ1n) is 13.7. The molecule has 2 aromatic rings. The third kappa shape index (κ3) is 4.87. The lowest BCUT2D eigenvalue weighted by atomic mass is 9.90. The molecule has 0 radical (unpaired) electrons. The van der Waals surface area contributed by atoms with Gasteiger partial charge in [0, 0.05) is 55.7 Å². The molecule has 202 valence electrons. The Morgan fingerprint density at radius 3 is 2.67 bits per heavy atom. The van der Waals surface area contributed by atoms with Crippen molar-refractivity contribution >= 4 is 23.1 Å². The molecule has 10 nitrogen and oxygen atoms in total. The number of morpholine rings is 1. The van der Waals surface area contributed by atoms with Crippen LogP contribution >= 0.6 is 0 Å². The smallest absolute Gasteiger partial charge is 0.298 e. The number of ether oxygens (including phenoxy) is 2. The quantitative estimate of drug-likeness (QED) is 0.603. The summed E-state index contributed by atoms with van der Waals surface area (Å²) in [4.78, 5) is 28.0. The highest BCUT2D eigenvalue weighted by molar-refractivity contribution is 5.94. The number of nitrogens with zero attached hydrogens (tertiary/aromatic N) is 6. The van der Waals surface area contributed by atoms with Crippen molar-refractivity contribution in [1.29, 1.82) is 5.26 Å². The molecule has 4 aliphatic heterocycles. The maximum atomic E-state index is 12.0. The summed E-state index contributed by atoms with van der Waals surface area (Å²) in [7, 11) is 0. The molecule has 0 bridgehead atoms. The Hall–Kier alpha value is -3.86. The van der Waals surface area contributed by atoms with Crippen LogP contribution in [-0.4, -0.2) is 84.2 Å². The first-order valence-corrected chi connectivity index (χ1v) is 13.7. The second-order valence-electron chi connectivity index (χ2n) is 10.5. The molecule has 1 N–H and O–H groups in total. The van der Waals surface area contributed by atoms with Gasteiger partial charge < -0.3 is 24.6 Å². The van der Waals surface area contributed by atoms with E-state index in [0.29, 0.717) is 30.7 Å². The van der Waals surface area contributed by atoms with Crippen molar-refractivity contribution in [3.8, 4) is 23.7 Å². The number of aromatic nitrogens is 2. The molecular weight excluding hydrogens is 494 g/mol. The van der Waals surface area contributed by atoms with E-state index in [1.165, 1.54) is 0 Å². The number of rotatable bonds is 3. The third-order valence-electron chi connectivity index (χ3n) is 8.22. The second kappa shape index (κ2) is 10.7. The molecule has 0 aromatic carbocycles. The topological polar surface area (TPSA) is 107 Å². The van der Waals surface area contributed by atoms with E-state index in [1.54, 1.807) is 6.92 Å². The predicted molar refractivity (Wildman–Crippen MR) is 146 cm³/mol. The van der Waals surface area contributed by atoms with Crippen molar-refractivity contribution in [3.63, 3.8) is 0 Å². The zero-order valence-electron chi connectivity index (χ0n) is 22.4. The SMILES string of the molecule is CC#CC(=O)N1CC(N2CCC(c3cc4c(c(C#N)n3)O[C@@H](C)c3c(N5CCOCC5)ccnc3N4)CC2)C1. The van der Waals surface area contributed by atoms with E-state index in [0.717, 1.165) is 80.6 Å². The van der Waals surface area contributed by atoms with Crippen molar-refractivity contribution in [2.24, 2.45) is 0 Å². The van der Waals surface area contributed by atoms with Crippen LogP contribution in [0.1, 0.15) is 55.7 Å². The number of piperidine rings is 1. The minimum absolute atomic E-state index is 0.0842. The minimum Gasteiger partial charge on any atom is -0.481 e. The van der Waals surface area contributed by atoms with Crippen LogP contribution in [0.4, 0.5) is 17.2 Å². The Morgan fingerprint density at radius 2 is 1.95 bits per heavy atom. The van der Waals surface area contributed by atoms with Crippen LogP contribution in [0.3, 0.4) is 0 Å². The number of nitriles is 1. The van der Waals surface area contributed by atoms with Crippen molar-refractivity contribution in [1.82, 2.24) is 19.8 Å². The number of likely N-dealkylation sites (tertiary alicyclic amines) is 2. The van der Waals surface area contributed by atoms with Gasteiger partial charge in [-0.15, -0.1) is 0 Å². The lowest BCUT2D eigenvalue weighted by Gasteiger charge is -2.47. The summed E-state index contributed by atoms with van der Waals surface area (Å²) in [5.74, 6) is 6.70. The molecule has 0 spiro atoms. The van der Waals surface area contributed by atoms with Crippen LogP contribution in [0.5, 0.6) is 5.75 Å². The van der Waals surface area contributed by atoms with Gasteiger partial charge in [0.2, 0.25) is 0 Å². The highest BCUT2D eigenvalue weighted by Gasteiger charge is 2.37. The molecule has 39 heavy (non-hydrogen) atoms. The predicted octanol–water partition coefficient (Wildman–Crippen LogP) is 2.80. The maximum absolute atomic E-state index is 12.0. The summed E-state index contributed by atoms with van der Waals surface area (Å²) in [6.07, 6.45) is 3.41. The summed E-state index contributed by atoms with van der Waals surface area (Å²) in [6.45, 7) is 10.0. The Bertz CT molecular complexity index is 1360. The summed E-state index contributed by atoms with van der Waals surface area (Å²) in [5.41, 5.74) is 4.00. The highest BCUT2D eigenvalue weighted by Crippen LogP contribution is 2.44. The van der Waals surface area contributed by atoms with E-state index in [2.05, 4.69) is 38.0 Å². The van der Waals surface area contributed by atoms with E-state index in [1.807, 2.05) is 30.2 Å². The summed E-state index contributed by atoms with van der Waals surface area (Å²) in [5, 5.41) is 13.5. The fraction of sp³-hybridized carbons (Fsp3) is 0.517. The number of carbonyl (C=O) groups is 1. The highest BCUT2D eigenvalue weighted by atomic mass is 16.5. The normalized spacial score (nSPS) is 21.6. The van der Waals surface area contributed by atoms with Crippen LogP contribution in [0.2, 0.25) is 0 Å². The Kier molecular flexibility index (Phi) is 6.99. The van der Waals surface area contributed by atoms with Gasteiger partial charge in [0.05, 0.1) is 24.5 Å². The van der Waals surface area contributed by atoms with Gasteiger partial charge in [0.25, 0.3) is 5.91 Å². The van der Waals surface area contributed by atoms with Gasteiger partial charge in [-0.25, -0.2) is 9.97 Å². The zero-order chi connectivity index (χ0) is 26.9. The van der Waals surface area contributed by atoms with E-state index < -0.39 is 0 Å². The van der Waals surface area contributed by atoms with Gasteiger partial charge in [0.1, 0.15) is 18.0 Å². The molecule has 0 saturated carbocycles. The fourth-order valence-corrected chi connectivity index (χ4v) is 6.06. The maximum Gasteiger partial charge on any atom is 0.298 e. The molecule has 10 heteroatoms. The lowest BCUT2D eigenvalue weighted by molar-refractivity contribution is -0.132. The molecule has 1 atom stereocenters. The standard InChI is InChI=1S/C29H33N7O3/c1-3-4-26(37)36-17-21(18-36)34-9-6-20(7-10-34)22-15-23-28(24(16-30)32-22)39-19(2)27-25(5-8-31-29(27)33-23)35-11-13-38-14-12-35/h5,8,15,19-21H,6-7,9-14,17-18H2,1-2H3,(H,31,33)/t19-/m0/s1. The van der Waals surface area contributed by atoms with Gasteiger partial charge >= 0.3 is 0 Å². The number of amides is 1. The fourth-order valence-electron chi connectivity index (χ4n) is 6.06. The van der Waals surface area contributed by atoms with Crippen LogP contribution in [0.25, 0.3) is 0 Å². The molecule has 0 aliphatic carbocycles. The Morgan fingerprint density at radius 1 is 1.18 bits per heavy atom. The van der Waals surface area contributed by atoms with Crippen LogP contribution in [0.15, 0.2) is 18.3 Å². The monoisotopic (exact) mass is 527 g/mol. The summed E-state index contributed by atoms with van der Waals surface area (Å²) >= 11 is 0. The van der Waals surface area contributed by atoms with E-state index in [-0.39, 0.29) is 17.9 Å². The number of fused-ring (bicyclic) bond motifs is 2. The van der Waals surface area contributed by atoms with E-state index in [4.69, 9.17) is 14.5 Å². The van der Waals surface area contributed by atoms with Gasteiger partial charge in [-0.2, -0.15) is 5.26 Å². The van der Waals surface area contributed by atoms with Crippen LogP contribution in [-0.2, 0) is 9.53 Å². The Labute approximate surface area is 228 Å². The van der Waals surface area contributed by atoms with Crippen molar-refractivity contribution in [3.05, 3.63) is 35.3 Å². The largest absolute Gasteiger partial charge is 0.481 e. The molecule has 6 heterocycles. The molecule has 1 amide bonds. The van der Waals surface area contributed by atoms with Crippen molar-refractivity contribution < 1.29 is 14.3 Å².